The van der Waals surface area contributed by atoms with Crippen LogP contribution in [0, 0.1) is 0 Å². The Morgan fingerprint density at radius 2 is 1.09 bits per heavy atom. The minimum atomic E-state index is 1.25. The van der Waals surface area contributed by atoms with E-state index in [4.69, 9.17) is 0 Å². The Labute approximate surface area is 198 Å². The molecule has 8 aromatic rings. The van der Waals surface area contributed by atoms with Gasteiger partial charge in [0.1, 0.15) is 0 Å². The molecule has 0 saturated carbocycles. The highest BCUT2D eigenvalue weighted by atomic mass is 32.1. The summed E-state index contributed by atoms with van der Waals surface area (Å²) in [6, 6.07) is 35.8. The molecular weight excluding hydrogens is 430 g/mol. The number of hydrogen-bond acceptors (Lipinski definition) is 1. The van der Waals surface area contributed by atoms with Crippen LogP contribution in [-0.2, 0) is 0 Å². The highest BCUT2D eigenvalue weighted by molar-refractivity contribution is 7.27. The molecule has 0 atom stereocenters. The Morgan fingerprint density at radius 3 is 1.94 bits per heavy atom. The van der Waals surface area contributed by atoms with E-state index in [1.165, 1.54) is 85.8 Å². The highest BCUT2D eigenvalue weighted by Gasteiger charge is 2.25. The topological polar surface area (TPSA) is 15.8 Å². The van der Waals surface area contributed by atoms with E-state index in [2.05, 4.69) is 102 Å². The summed E-state index contributed by atoms with van der Waals surface area (Å²) in [6.45, 7) is 0. The Hall–Kier alpha value is -4.14. The molecule has 34 heavy (non-hydrogen) atoms. The zero-order valence-corrected chi connectivity index (χ0v) is 19.0. The largest absolute Gasteiger partial charge is 0.353 e. The second-order valence-electron chi connectivity index (χ2n) is 9.34. The lowest BCUT2D eigenvalue weighted by atomic mass is 9.96. The first-order chi connectivity index (χ1) is 16.9. The molecule has 0 fully saturated rings. The molecule has 0 unspecified atom stereocenters. The van der Waals surface area contributed by atoms with Gasteiger partial charge in [-0.25, -0.2) is 0 Å². The molecule has 0 spiro atoms. The van der Waals surface area contributed by atoms with Gasteiger partial charge in [0.2, 0.25) is 0 Å². The number of thiophene rings is 1. The molecule has 2 heteroatoms. The molecule has 1 N–H and O–H groups in total. The van der Waals surface area contributed by atoms with Crippen molar-refractivity contribution in [2.75, 3.05) is 0 Å². The summed E-state index contributed by atoms with van der Waals surface area (Å²) in [5.74, 6) is 0. The van der Waals surface area contributed by atoms with Crippen LogP contribution in [-0.4, -0.2) is 4.98 Å². The number of rotatable bonds is 0. The monoisotopic (exact) mass is 447 g/mol. The molecule has 1 aliphatic carbocycles. The van der Waals surface area contributed by atoms with E-state index in [0.29, 0.717) is 0 Å². The molecular formula is C32H17NS. The smallest absolute Gasteiger partial charge is 0.0653 e. The number of aromatic nitrogens is 1. The van der Waals surface area contributed by atoms with E-state index in [1.54, 1.807) is 0 Å². The predicted octanol–water partition coefficient (Wildman–Crippen LogP) is 9.64. The van der Waals surface area contributed by atoms with Crippen molar-refractivity contribution in [3.63, 3.8) is 0 Å². The van der Waals surface area contributed by atoms with Crippen molar-refractivity contribution in [3.8, 4) is 22.3 Å². The SMILES string of the molecule is c1ccc2c(c1)-c1cccc3c1c-2cc1c3[nH]c2c3sc4ccccc4c3c3ccccc3c12. The first-order valence-corrected chi connectivity index (χ1v) is 12.5. The van der Waals surface area contributed by atoms with Crippen LogP contribution in [0.3, 0.4) is 0 Å². The molecule has 9 rings (SSSR count). The summed E-state index contributed by atoms with van der Waals surface area (Å²) in [5.41, 5.74) is 7.91. The maximum Gasteiger partial charge on any atom is 0.0653 e. The summed E-state index contributed by atoms with van der Waals surface area (Å²) >= 11 is 1.91. The van der Waals surface area contributed by atoms with Crippen LogP contribution in [0.15, 0.2) is 97.1 Å². The van der Waals surface area contributed by atoms with Crippen molar-refractivity contribution in [3.05, 3.63) is 97.1 Å². The molecule has 0 saturated heterocycles. The summed E-state index contributed by atoms with van der Waals surface area (Å²) in [4.78, 5) is 3.94. The summed E-state index contributed by atoms with van der Waals surface area (Å²) in [7, 11) is 0. The number of nitrogens with one attached hydrogen (secondary N) is 1. The van der Waals surface area contributed by atoms with E-state index >= 15 is 0 Å². The van der Waals surface area contributed by atoms with Gasteiger partial charge >= 0.3 is 0 Å². The molecule has 0 aliphatic heterocycles. The van der Waals surface area contributed by atoms with E-state index in [1.807, 2.05) is 11.3 Å². The molecule has 0 bridgehead atoms. The zero-order chi connectivity index (χ0) is 22.0. The molecule has 156 valence electrons. The van der Waals surface area contributed by atoms with E-state index in [9.17, 15) is 0 Å². The molecule has 0 radical (unpaired) electrons. The summed E-state index contributed by atoms with van der Waals surface area (Å²) in [6.07, 6.45) is 0. The fraction of sp³-hybridized carbons (Fsp3) is 0. The average Bonchev–Trinajstić information content (AvgIpc) is 3.56. The van der Waals surface area contributed by atoms with Crippen molar-refractivity contribution in [2.45, 2.75) is 0 Å². The van der Waals surface area contributed by atoms with Gasteiger partial charge in [0.25, 0.3) is 0 Å². The number of H-pyrrole nitrogens is 1. The van der Waals surface area contributed by atoms with E-state index in [-0.39, 0.29) is 0 Å². The second kappa shape index (κ2) is 5.85. The lowest BCUT2D eigenvalue weighted by Crippen LogP contribution is -1.79. The minimum absolute atomic E-state index is 1.25. The van der Waals surface area contributed by atoms with Gasteiger partial charge in [-0.1, -0.05) is 84.9 Å². The standard InChI is InChI=1S/C32H17NS/c1-2-9-18-17(8-1)19-13-7-14-23-27(19)24(18)16-25-28-20-10-3-4-11-21(20)29-22-12-5-6-15-26(22)34-32(29)31(28)33-30(23)25/h1-16,33H. The Bertz CT molecular complexity index is 2170. The van der Waals surface area contributed by atoms with Crippen LogP contribution >= 0.6 is 11.3 Å². The normalized spacial score (nSPS) is 12.7. The van der Waals surface area contributed by atoms with E-state index < -0.39 is 0 Å². The van der Waals surface area contributed by atoms with Crippen LogP contribution in [0.5, 0.6) is 0 Å². The van der Waals surface area contributed by atoms with Crippen molar-refractivity contribution < 1.29 is 0 Å². The second-order valence-corrected chi connectivity index (χ2v) is 10.4. The van der Waals surface area contributed by atoms with Gasteiger partial charge < -0.3 is 4.98 Å². The van der Waals surface area contributed by atoms with Gasteiger partial charge in [-0.2, -0.15) is 0 Å². The van der Waals surface area contributed by atoms with Crippen LogP contribution < -0.4 is 0 Å². The van der Waals surface area contributed by atoms with Crippen molar-refractivity contribution >= 4 is 74.9 Å². The average molecular weight is 448 g/mol. The Morgan fingerprint density at radius 1 is 0.441 bits per heavy atom. The fourth-order valence-corrected chi connectivity index (χ4v) is 7.61. The maximum atomic E-state index is 3.94. The number of aromatic amines is 1. The number of fused-ring (bicyclic) bond motifs is 14. The lowest BCUT2D eigenvalue weighted by molar-refractivity contribution is 1.59. The Balaban J connectivity index is 1.60. The number of benzene rings is 6. The first kappa shape index (κ1) is 17.4. The third-order valence-corrected chi connectivity index (χ3v) is 8.91. The van der Waals surface area contributed by atoms with Crippen molar-refractivity contribution in [1.29, 1.82) is 0 Å². The van der Waals surface area contributed by atoms with E-state index in [0.717, 1.165) is 0 Å². The van der Waals surface area contributed by atoms with Gasteiger partial charge in [-0.05, 0) is 50.5 Å². The number of hydrogen-bond donors (Lipinski definition) is 1. The van der Waals surface area contributed by atoms with Crippen molar-refractivity contribution in [1.82, 2.24) is 4.98 Å². The first-order valence-electron chi connectivity index (χ1n) is 11.7. The van der Waals surface area contributed by atoms with Crippen LogP contribution in [0.25, 0.3) is 85.8 Å². The minimum Gasteiger partial charge on any atom is -0.353 e. The van der Waals surface area contributed by atoms with Gasteiger partial charge in [0.15, 0.2) is 0 Å². The molecule has 1 nitrogen and oxygen atoms in total. The van der Waals surface area contributed by atoms with Crippen LogP contribution in [0.4, 0.5) is 0 Å². The molecule has 6 aromatic carbocycles. The molecule has 1 aliphatic rings. The summed E-state index contributed by atoms with van der Waals surface area (Å²) < 4.78 is 2.70. The van der Waals surface area contributed by atoms with Crippen LogP contribution in [0.1, 0.15) is 0 Å². The van der Waals surface area contributed by atoms with Gasteiger partial charge in [0, 0.05) is 31.6 Å². The van der Waals surface area contributed by atoms with Gasteiger partial charge in [-0.3, -0.25) is 0 Å². The third-order valence-electron chi connectivity index (χ3n) is 7.73. The predicted molar refractivity (Wildman–Crippen MR) is 148 cm³/mol. The third kappa shape index (κ3) is 1.90. The van der Waals surface area contributed by atoms with Gasteiger partial charge in [0.05, 0.1) is 15.7 Å². The van der Waals surface area contributed by atoms with Crippen molar-refractivity contribution in [2.24, 2.45) is 0 Å². The lowest BCUT2D eigenvalue weighted by Gasteiger charge is -2.06. The zero-order valence-electron chi connectivity index (χ0n) is 18.1. The Kier molecular flexibility index (Phi) is 2.99. The molecule has 2 aromatic heterocycles. The summed E-state index contributed by atoms with van der Waals surface area (Å²) in [5, 5.41) is 10.7. The van der Waals surface area contributed by atoms with Gasteiger partial charge in [-0.15, -0.1) is 11.3 Å². The maximum absolute atomic E-state index is 3.94. The highest BCUT2D eigenvalue weighted by Crippen LogP contribution is 2.52. The fourth-order valence-electron chi connectivity index (χ4n) is 6.39. The quantitative estimate of drug-likeness (QED) is 0.238. The molecule has 2 heterocycles. The molecule has 0 amide bonds. The van der Waals surface area contributed by atoms with Crippen LogP contribution in [0.2, 0.25) is 0 Å².